The largest absolute Gasteiger partial charge is 0.360 e. The Bertz CT molecular complexity index is 1270. The number of likely N-dealkylation sites (tertiary alicyclic amines) is 1. The molecule has 2 aliphatic rings. The number of rotatable bonds is 3. The third-order valence-electron chi connectivity index (χ3n) is 6.84. The van der Waals surface area contributed by atoms with Crippen molar-refractivity contribution in [2.75, 3.05) is 31.1 Å². The zero-order valence-electron chi connectivity index (χ0n) is 18.1. The number of carbonyl (C=O) groups excluding carboxylic acids is 1. The number of carbonyl (C=O) groups is 1. The second-order valence-electron chi connectivity index (χ2n) is 8.71. The molecule has 1 saturated heterocycles. The van der Waals surface area contributed by atoms with Gasteiger partial charge >= 0.3 is 0 Å². The van der Waals surface area contributed by atoms with Gasteiger partial charge in [0.15, 0.2) is 0 Å². The number of piperidine rings is 1. The highest BCUT2D eigenvalue weighted by molar-refractivity contribution is 6.33. The highest BCUT2D eigenvalue weighted by atomic mass is 35.5. The molecule has 0 unspecified atom stereocenters. The highest BCUT2D eigenvalue weighted by Crippen LogP contribution is 2.48. The number of hydrogen-bond donors (Lipinski definition) is 0. The van der Waals surface area contributed by atoms with Crippen LogP contribution in [-0.2, 0) is 5.41 Å². The fourth-order valence-corrected chi connectivity index (χ4v) is 5.31. The molecule has 3 heterocycles. The van der Waals surface area contributed by atoms with Crippen LogP contribution in [0, 0.1) is 24.1 Å². The van der Waals surface area contributed by atoms with Crippen LogP contribution >= 0.6 is 11.6 Å². The monoisotopic (exact) mass is 464 g/mol. The van der Waals surface area contributed by atoms with Crippen molar-refractivity contribution in [2.24, 2.45) is 0 Å². The Hall–Kier alpha value is -3.21. The van der Waals surface area contributed by atoms with Gasteiger partial charge in [-0.05, 0) is 49.6 Å². The normalized spacial score (nSPS) is 17.2. The first kappa shape index (κ1) is 21.6. The molecule has 33 heavy (non-hydrogen) atoms. The second-order valence-corrected chi connectivity index (χ2v) is 9.12. The first-order valence-electron chi connectivity index (χ1n) is 10.9. The van der Waals surface area contributed by atoms with Crippen molar-refractivity contribution in [3.63, 3.8) is 0 Å². The van der Waals surface area contributed by atoms with Crippen molar-refractivity contribution in [2.45, 2.75) is 25.2 Å². The summed E-state index contributed by atoms with van der Waals surface area (Å²) in [6.07, 6.45) is 1.49. The van der Waals surface area contributed by atoms with Gasteiger partial charge in [0, 0.05) is 36.3 Å². The molecule has 168 valence electrons. The van der Waals surface area contributed by atoms with Gasteiger partial charge in [-0.25, -0.2) is 4.39 Å². The van der Waals surface area contributed by atoms with Crippen LogP contribution in [0.15, 0.2) is 47.0 Å². The standard InChI is InChI=1S/C25H22ClFN4O2/c1-16-22(23(29-33-16)18-4-2-3-5-20(18)26)24(32)31-15-25(8-11-30(12-9-25)13-10-28)19-14-17(27)6-7-21(19)31/h2-7,14H,8-9,11-13,15H2,1H3. The van der Waals surface area contributed by atoms with Crippen molar-refractivity contribution < 1.29 is 13.7 Å². The molecule has 2 aromatic carbocycles. The molecule has 0 saturated carbocycles. The Morgan fingerprint density at radius 3 is 2.76 bits per heavy atom. The number of fused-ring (bicyclic) bond motifs is 2. The summed E-state index contributed by atoms with van der Waals surface area (Å²) in [4.78, 5) is 17.7. The summed E-state index contributed by atoms with van der Waals surface area (Å²) < 4.78 is 19.7. The van der Waals surface area contributed by atoms with E-state index in [1.807, 2.05) is 12.1 Å². The van der Waals surface area contributed by atoms with E-state index >= 15 is 0 Å². The van der Waals surface area contributed by atoms with E-state index in [1.165, 1.54) is 6.07 Å². The van der Waals surface area contributed by atoms with Crippen LogP contribution in [0.5, 0.6) is 0 Å². The SMILES string of the molecule is Cc1onc(-c2ccccc2Cl)c1C(=O)N1CC2(CCN(CC#N)CC2)c2cc(F)ccc21. The van der Waals surface area contributed by atoms with E-state index in [2.05, 4.69) is 16.1 Å². The lowest BCUT2D eigenvalue weighted by atomic mass is 9.74. The van der Waals surface area contributed by atoms with E-state index < -0.39 is 0 Å². The molecule has 8 heteroatoms. The van der Waals surface area contributed by atoms with Gasteiger partial charge in [-0.1, -0.05) is 35.0 Å². The van der Waals surface area contributed by atoms with Crippen LogP contribution in [0.25, 0.3) is 11.3 Å². The lowest BCUT2D eigenvalue weighted by molar-refractivity contribution is 0.0977. The Morgan fingerprint density at radius 2 is 2.03 bits per heavy atom. The molecule has 1 fully saturated rings. The zero-order chi connectivity index (χ0) is 23.2. The third-order valence-corrected chi connectivity index (χ3v) is 7.17. The first-order valence-corrected chi connectivity index (χ1v) is 11.2. The Balaban J connectivity index is 1.54. The van der Waals surface area contributed by atoms with Crippen LogP contribution in [0.4, 0.5) is 10.1 Å². The van der Waals surface area contributed by atoms with Gasteiger partial charge in [0.2, 0.25) is 0 Å². The fourth-order valence-electron chi connectivity index (χ4n) is 5.09. The van der Waals surface area contributed by atoms with Gasteiger partial charge in [-0.15, -0.1) is 0 Å². The number of aromatic nitrogens is 1. The highest BCUT2D eigenvalue weighted by Gasteiger charge is 2.47. The number of hydrogen-bond acceptors (Lipinski definition) is 5. The Labute approximate surface area is 196 Å². The summed E-state index contributed by atoms with van der Waals surface area (Å²) in [5.41, 5.74) is 2.59. The van der Waals surface area contributed by atoms with Crippen molar-refractivity contribution in [3.8, 4) is 17.3 Å². The summed E-state index contributed by atoms with van der Waals surface area (Å²) in [6, 6.07) is 14.0. The lowest BCUT2D eigenvalue weighted by Crippen LogP contribution is -2.46. The fraction of sp³-hybridized carbons (Fsp3) is 0.320. The molecule has 1 amide bonds. The van der Waals surface area contributed by atoms with Gasteiger partial charge in [-0.3, -0.25) is 9.69 Å². The van der Waals surface area contributed by atoms with Gasteiger partial charge < -0.3 is 9.42 Å². The minimum atomic E-state index is -0.353. The number of nitrogens with zero attached hydrogens (tertiary/aromatic N) is 4. The predicted molar refractivity (Wildman–Crippen MR) is 123 cm³/mol. The Kier molecular flexibility index (Phi) is 5.43. The van der Waals surface area contributed by atoms with E-state index in [4.69, 9.17) is 21.4 Å². The number of halogens is 2. The summed E-state index contributed by atoms with van der Waals surface area (Å²) in [6.45, 7) is 3.97. The number of nitriles is 1. The van der Waals surface area contributed by atoms with Gasteiger partial charge in [0.05, 0.1) is 17.6 Å². The number of aryl methyl sites for hydroxylation is 1. The maximum atomic E-state index is 14.3. The number of anilines is 1. The van der Waals surface area contributed by atoms with Crippen LogP contribution in [0.3, 0.4) is 0 Å². The van der Waals surface area contributed by atoms with Crippen LogP contribution in [0.2, 0.25) is 5.02 Å². The third kappa shape index (κ3) is 3.60. The summed E-state index contributed by atoms with van der Waals surface area (Å²) in [7, 11) is 0. The number of benzene rings is 2. The molecule has 3 aromatic rings. The molecule has 1 spiro atoms. The average molecular weight is 465 g/mol. The summed E-state index contributed by atoms with van der Waals surface area (Å²) in [5, 5.41) is 13.7. The molecule has 0 radical (unpaired) electrons. The summed E-state index contributed by atoms with van der Waals surface area (Å²) in [5.74, 6) is -0.156. The smallest absolute Gasteiger partial charge is 0.264 e. The van der Waals surface area contributed by atoms with E-state index in [9.17, 15) is 9.18 Å². The minimum absolute atomic E-state index is 0.243. The van der Waals surface area contributed by atoms with Gasteiger partial charge in [0.1, 0.15) is 22.8 Å². The molecule has 6 nitrogen and oxygen atoms in total. The molecule has 0 aliphatic carbocycles. The van der Waals surface area contributed by atoms with Gasteiger partial charge in [-0.2, -0.15) is 5.26 Å². The average Bonchev–Trinajstić information content (AvgIpc) is 3.34. The van der Waals surface area contributed by atoms with Crippen molar-refractivity contribution in [1.82, 2.24) is 10.1 Å². The molecular weight excluding hydrogens is 443 g/mol. The maximum Gasteiger partial charge on any atom is 0.264 e. The molecular formula is C25H22ClFN4O2. The van der Waals surface area contributed by atoms with Gasteiger partial charge in [0.25, 0.3) is 5.91 Å². The van der Waals surface area contributed by atoms with E-state index in [0.717, 1.165) is 31.5 Å². The molecule has 0 atom stereocenters. The van der Waals surface area contributed by atoms with Crippen LogP contribution < -0.4 is 4.90 Å². The van der Waals surface area contributed by atoms with E-state index in [0.29, 0.717) is 46.4 Å². The number of amides is 1. The van der Waals surface area contributed by atoms with Crippen LogP contribution in [0.1, 0.15) is 34.5 Å². The van der Waals surface area contributed by atoms with Crippen LogP contribution in [-0.4, -0.2) is 42.1 Å². The van der Waals surface area contributed by atoms with Crippen molar-refractivity contribution in [3.05, 3.63) is 70.2 Å². The van der Waals surface area contributed by atoms with E-state index in [1.54, 1.807) is 36.1 Å². The van der Waals surface area contributed by atoms with E-state index in [-0.39, 0.29) is 17.1 Å². The lowest BCUT2D eigenvalue weighted by Gasteiger charge is -2.39. The summed E-state index contributed by atoms with van der Waals surface area (Å²) >= 11 is 6.38. The molecule has 5 rings (SSSR count). The minimum Gasteiger partial charge on any atom is -0.360 e. The quantitative estimate of drug-likeness (QED) is 0.512. The second kappa shape index (κ2) is 8.29. The molecule has 0 N–H and O–H groups in total. The molecule has 1 aromatic heterocycles. The molecule has 0 bridgehead atoms. The zero-order valence-corrected chi connectivity index (χ0v) is 18.9. The topological polar surface area (TPSA) is 73.4 Å². The van der Waals surface area contributed by atoms with Crippen molar-refractivity contribution in [1.29, 1.82) is 5.26 Å². The predicted octanol–water partition coefficient (Wildman–Crippen LogP) is 4.96. The van der Waals surface area contributed by atoms with Crippen molar-refractivity contribution >= 4 is 23.2 Å². The maximum absolute atomic E-state index is 14.3. The Morgan fingerprint density at radius 1 is 1.27 bits per heavy atom. The molecule has 2 aliphatic heterocycles. The first-order chi connectivity index (χ1) is 15.9.